The number of hydrogen-bond acceptors (Lipinski definition) is 7. The summed E-state index contributed by atoms with van der Waals surface area (Å²) in [6.45, 7) is 5.70. The van der Waals surface area contributed by atoms with Gasteiger partial charge in [0.1, 0.15) is 5.01 Å². The summed E-state index contributed by atoms with van der Waals surface area (Å²) in [4.78, 5) is 18.0. The van der Waals surface area contributed by atoms with E-state index in [0.29, 0.717) is 27.0 Å². The Balaban J connectivity index is 1.75. The van der Waals surface area contributed by atoms with E-state index in [2.05, 4.69) is 45.3 Å². The van der Waals surface area contributed by atoms with E-state index < -0.39 is 0 Å². The van der Waals surface area contributed by atoms with E-state index in [1.807, 2.05) is 25.1 Å². The molecule has 0 saturated carbocycles. The molecular formula is C22H19N5OS2. The molecule has 0 atom stereocenters. The zero-order valence-corrected chi connectivity index (χ0v) is 18.1. The van der Waals surface area contributed by atoms with Gasteiger partial charge < -0.3 is 5.73 Å². The van der Waals surface area contributed by atoms with E-state index in [9.17, 15) is 4.79 Å². The van der Waals surface area contributed by atoms with Crippen molar-refractivity contribution in [2.75, 3.05) is 18.1 Å². The fourth-order valence-corrected chi connectivity index (χ4v) is 4.74. The van der Waals surface area contributed by atoms with E-state index >= 15 is 0 Å². The molecule has 6 nitrogen and oxygen atoms in total. The Kier molecular flexibility index (Phi) is 5.43. The molecule has 3 N–H and O–H groups in total. The van der Waals surface area contributed by atoms with Crippen molar-refractivity contribution in [1.82, 2.24) is 10.2 Å². The highest BCUT2D eigenvalue weighted by atomic mass is 32.1. The number of nitrogen functional groups attached to an aromatic ring is 1. The number of rotatable bonds is 5. The fourth-order valence-electron chi connectivity index (χ4n) is 2.99. The number of amides is 1. The lowest BCUT2D eigenvalue weighted by Crippen LogP contribution is -2.13. The molecule has 4 rings (SSSR count). The Morgan fingerprint density at radius 3 is 2.70 bits per heavy atom. The molecule has 1 amide bonds. The second-order valence-electron chi connectivity index (χ2n) is 6.71. The summed E-state index contributed by atoms with van der Waals surface area (Å²) in [6, 6.07) is 13.8. The molecule has 0 unspecified atom stereocenters. The smallest absolute Gasteiger partial charge is 0.257 e. The lowest BCUT2D eigenvalue weighted by atomic mass is 10.0. The van der Waals surface area contributed by atoms with Crippen LogP contribution in [0.15, 0.2) is 54.0 Å². The SMILES string of the molecule is C=C(C)c1nnc(NC(=O)c2cc(/C=N\C)c(N)c(-c3cc4ccccc4s3)c2)s1. The average molecular weight is 434 g/mol. The summed E-state index contributed by atoms with van der Waals surface area (Å²) >= 11 is 2.92. The minimum atomic E-state index is -0.285. The maximum absolute atomic E-state index is 12.9. The maximum atomic E-state index is 12.9. The highest BCUT2D eigenvalue weighted by Gasteiger charge is 2.17. The normalized spacial score (nSPS) is 11.3. The molecular weight excluding hydrogens is 414 g/mol. The highest BCUT2D eigenvalue weighted by molar-refractivity contribution is 7.22. The molecule has 0 aliphatic heterocycles. The molecule has 150 valence electrons. The van der Waals surface area contributed by atoms with Gasteiger partial charge in [-0.2, -0.15) is 0 Å². The molecule has 0 spiro atoms. The third-order valence-electron chi connectivity index (χ3n) is 4.44. The molecule has 4 aromatic rings. The zero-order valence-electron chi connectivity index (χ0n) is 16.5. The number of carbonyl (C=O) groups is 1. The summed E-state index contributed by atoms with van der Waals surface area (Å²) in [6.07, 6.45) is 1.66. The lowest BCUT2D eigenvalue weighted by molar-refractivity contribution is 0.102. The number of nitrogens with zero attached hydrogens (tertiary/aromatic N) is 3. The molecule has 0 bridgehead atoms. The first-order valence-electron chi connectivity index (χ1n) is 9.11. The molecule has 0 aliphatic rings. The van der Waals surface area contributed by atoms with Crippen LogP contribution in [0.3, 0.4) is 0 Å². The van der Waals surface area contributed by atoms with Crippen molar-refractivity contribution in [2.45, 2.75) is 6.92 Å². The number of nitrogens with two attached hydrogens (primary N) is 1. The summed E-state index contributed by atoms with van der Waals surface area (Å²) in [7, 11) is 1.67. The lowest BCUT2D eigenvalue weighted by Gasteiger charge is -2.10. The molecule has 0 aliphatic carbocycles. The Labute approximate surface area is 181 Å². The van der Waals surface area contributed by atoms with Gasteiger partial charge in [-0.1, -0.05) is 36.1 Å². The van der Waals surface area contributed by atoms with Crippen LogP contribution >= 0.6 is 22.7 Å². The zero-order chi connectivity index (χ0) is 21.3. The van der Waals surface area contributed by atoms with Gasteiger partial charge in [0.2, 0.25) is 5.13 Å². The third-order valence-corrected chi connectivity index (χ3v) is 6.59. The van der Waals surface area contributed by atoms with E-state index in [4.69, 9.17) is 5.73 Å². The van der Waals surface area contributed by atoms with Crippen molar-refractivity contribution in [1.29, 1.82) is 0 Å². The monoisotopic (exact) mass is 433 g/mol. The van der Waals surface area contributed by atoms with Gasteiger partial charge in [-0.25, -0.2) is 0 Å². The number of aliphatic imine (C=N–C) groups is 1. The average Bonchev–Trinajstić information content (AvgIpc) is 3.36. The van der Waals surface area contributed by atoms with Crippen molar-refractivity contribution >= 4 is 61.3 Å². The molecule has 30 heavy (non-hydrogen) atoms. The fraction of sp³-hybridized carbons (Fsp3) is 0.0909. The van der Waals surface area contributed by atoms with Gasteiger partial charge in [-0.05, 0) is 42.1 Å². The Morgan fingerprint density at radius 2 is 2.00 bits per heavy atom. The molecule has 2 aromatic heterocycles. The van der Waals surface area contributed by atoms with Crippen LogP contribution in [0, 0.1) is 0 Å². The van der Waals surface area contributed by atoms with Crippen LogP contribution < -0.4 is 11.1 Å². The van der Waals surface area contributed by atoms with E-state index in [1.54, 1.807) is 30.7 Å². The predicted octanol–water partition coefficient (Wildman–Crippen LogP) is 5.34. The Morgan fingerprint density at radius 1 is 1.20 bits per heavy atom. The number of anilines is 2. The van der Waals surface area contributed by atoms with Crippen molar-refractivity contribution in [3.8, 4) is 10.4 Å². The largest absolute Gasteiger partial charge is 0.398 e. The van der Waals surface area contributed by atoms with Crippen LogP contribution in [-0.4, -0.2) is 29.4 Å². The number of aromatic nitrogens is 2. The second kappa shape index (κ2) is 8.17. The predicted molar refractivity (Wildman–Crippen MR) is 128 cm³/mol. The topological polar surface area (TPSA) is 93.3 Å². The van der Waals surface area contributed by atoms with Gasteiger partial charge in [0, 0.05) is 45.2 Å². The van der Waals surface area contributed by atoms with Crippen LogP contribution in [0.25, 0.3) is 26.1 Å². The second-order valence-corrected chi connectivity index (χ2v) is 8.77. The third kappa shape index (κ3) is 3.87. The van der Waals surface area contributed by atoms with Gasteiger partial charge in [0.15, 0.2) is 0 Å². The van der Waals surface area contributed by atoms with E-state index in [-0.39, 0.29) is 5.91 Å². The molecule has 2 aromatic carbocycles. The number of fused-ring (bicyclic) bond motifs is 1. The van der Waals surface area contributed by atoms with Crippen LogP contribution in [0.2, 0.25) is 0 Å². The van der Waals surface area contributed by atoms with Crippen LogP contribution in [-0.2, 0) is 0 Å². The van der Waals surface area contributed by atoms with Crippen LogP contribution in [0.1, 0.15) is 27.9 Å². The number of nitrogens with one attached hydrogen (secondary N) is 1. The minimum Gasteiger partial charge on any atom is -0.398 e. The highest BCUT2D eigenvalue weighted by Crippen LogP contribution is 2.38. The molecule has 0 saturated heterocycles. The van der Waals surface area contributed by atoms with Gasteiger partial charge in [-0.15, -0.1) is 21.5 Å². The summed E-state index contributed by atoms with van der Waals surface area (Å²) in [5, 5.41) is 13.1. The van der Waals surface area contributed by atoms with Crippen molar-refractivity contribution in [3.63, 3.8) is 0 Å². The van der Waals surface area contributed by atoms with Gasteiger partial charge in [-0.3, -0.25) is 15.1 Å². The first-order chi connectivity index (χ1) is 14.5. The standard InChI is InChI=1S/C22H19N5OS2/c1-12(2)21-26-27-22(30-21)25-20(28)14-8-15(11-24-3)19(23)16(9-14)18-10-13-6-4-5-7-17(13)29-18/h4-11H,1,23H2,2-3H3,(H,25,27,28)/b24-11-. The van der Waals surface area contributed by atoms with Crippen molar-refractivity contribution < 1.29 is 4.79 Å². The quantitative estimate of drug-likeness (QED) is 0.328. The van der Waals surface area contributed by atoms with E-state index in [1.165, 1.54) is 11.3 Å². The van der Waals surface area contributed by atoms with Gasteiger partial charge in [0.05, 0.1) is 0 Å². The number of allylic oxidation sites excluding steroid dienone is 1. The minimum absolute atomic E-state index is 0.285. The number of carbonyl (C=O) groups excluding carboxylic acids is 1. The first kappa shape index (κ1) is 19.9. The van der Waals surface area contributed by atoms with E-state index in [0.717, 1.165) is 26.1 Å². The van der Waals surface area contributed by atoms with Crippen LogP contribution in [0.4, 0.5) is 10.8 Å². The number of benzene rings is 2. The Bertz CT molecular complexity index is 1270. The molecule has 0 radical (unpaired) electrons. The first-order valence-corrected chi connectivity index (χ1v) is 10.7. The summed E-state index contributed by atoms with van der Waals surface area (Å²) in [5.74, 6) is -0.285. The Hall–Kier alpha value is -3.36. The van der Waals surface area contributed by atoms with Crippen molar-refractivity contribution in [3.05, 3.63) is 65.2 Å². The summed E-state index contributed by atoms with van der Waals surface area (Å²) < 4.78 is 1.16. The maximum Gasteiger partial charge on any atom is 0.257 e. The van der Waals surface area contributed by atoms with Gasteiger partial charge in [0.25, 0.3) is 5.91 Å². The van der Waals surface area contributed by atoms with Crippen molar-refractivity contribution in [2.24, 2.45) is 4.99 Å². The summed E-state index contributed by atoms with van der Waals surface area (Å²) in [5.41, 5.74) is 9.79. The molecule has 2 heterocycles. The molecule has 0 fully saturated rings. The number of hydrogen-bond donors (Lipinski definition) is 2. The molecule has 8 heteroatoms. The van der Waals surface area contributed by atoms with Gasteiger partial charge >= 0.3 is 0 Å². The van der Waals surface area contributed by atoms with Crippen LogP contribution in [0.5, 0.6) is 0 Å². The number of thiophene rings is 1.